The van der Waals surface area contributed by atoms with Crippen molar-refractivity contribution < 1.29 is 47.1 Å². The summed E-state index contributed by atoms with van der Waals surface area (Å²) in [6.45, 7) is 9.57. The van der Waals surface area contributed by atoms with Gasteiger partial charge in [-0.05, 0) is 30.7 Å². The van der Waals surface area contributed by atoms with Gasteiger partial charge in [0.2, 0.25) is 23.5 Å². The number of likely N-dealkylation sites (tertiary alicyclic amines) is 1. The van der Waals surface area contributed by atoms with Gasteiger partial charge in [-0.15, -0.1) is 0 Å². The highest BCUT2D eigenvalue weighted by Gasteiger charge is 2.52. The minimum absolute atomic E-state index is 0.0328. The molecule has 0 aliphatic carbocycles. The summed E-state index contributed by atoms with van der Waals surface area (Å²) < 4.78 is 35.8. The van der Waals surface area contributed by atoms with Crippen molar-refractivity contribution in [3.8, 4) is 0 Å². The second-order valence-electron chi connectivity index (χ2n) is 13.5. The lowest BCUT2D eigenvalue weighted by Gasteiger charge is -2.32. The van der Waals surface area contributed by atoms with Crippen LogP contribution in [-0.2, 0) is 33.5 Å². The SMILES string of the molecule is CCC[C@H](NC(=O)[C@@H]1C[C@@H](OC=O)CN1C(=O)[C@@H](NC(=O)[C@@H](NC(=O)c1cnccn1)C(C)C)C(C)C)C(=O)C(F)(F)C(=O)N[C@@H](C)c1ccccc1. The molecule has 288 valence electrons. The Kier molecular flexibility index (Phi) is 15.0. The van der Waals surface area contributed by atoms with Gasteiger partial charge in [-0.25, -0.2) is 4.98 Å². The summed E-state index contributed by atoms with van der Waals surface area (Å²) in [6, 6.07) is 1.85. The number of hydrogen-bond acceptors (Lipinski definition) is 10. The van der Waals surface area contributed by atoms with Gasteiger partial charge in [-0.2, -0.15) is 8.78 Å². The van der Waals surface area contributed by atoms with Gasteiger partial charge in [0.15, 0.2) is 0 Å². The van der Waals surface area contributed by atoms with E-state index in [1.54, 1.807) is 65.0 Å². The molecule has 0 unspecified atom stereocenters. The first-order valence-corrected chi connectivity index (χ1v) is 17.4. The van der Waals surface area contributed by atoms with Crippen LogP contribution in [0, 0.1) is 11.8 Å². The molecule has 17 heteroatoms. The Morgan fingerprint density at radius 3 is 2.17 bits per heavy atom. The van der Waals surface area contributed by atoms with E-state index in [1.165, 1.54) is 25.5 Å². The van der Waals surface area contributed by atoms with E-state index >= 15 is 8.78 Å². The average Bonchev–Trinajstić information content (AvgIpc) is 3.56. The first kappa shape index (κ1) is 42.1. The monoisotopic (exact) mass is 743 g/mol. The second-order valence-corrected chi connectivity index (χ2v) is 13.5. The number of halogens is 2. The maximum absolute atomic E-state index is 15.4. The molecule has 0 spiro atoms. The minimum Gasteiger partial charge on any atom is -0.463 e. The molecule has 1 aliphatic heterocycles. The van der Waals surface area contributed by atoms with E-state index in [1.807, 2.05) is 0 Å². The van der Waals surface area contributed by atoms with Crippen molar-refractivity contribution in [2.45, 2.75) is 103 Å². The highest BCUT2D eigenvalue weighted by atomic mass is 19.3. The smallest absolute Gasteiger partial charge is 0.383 e. The van der Waals surface area contributed by atoms with E-state index in [0.29, 0.717) is 5.56 Å². The number of alkyl halides is 2. The first-order valence-electron chi connectivity index (χ1n) is 17.4. The fourth-order valence-electron chi connectivity index (χ4n) is 5.84. The van der Waals surface area contributed by atoms with Gasteiger partial charge in [0.05, 0.1) is 24.8 Å². The van der Waals surface area contributed by atoms with Crippen LogP contribution < -0.4 is 21.3 Å². The third-order valence-electron chi connectivity index (χ3n) is 8.81. The lowest BCUT2D eigenvalue weighted by atomic mass is 9.98. The molecule has 2 heterocycles. The van der Waals surface area contributed by atoms with Crippen molar-refractivity contribution in [3.05, 3.63) is 60.2 Å². The topological polar surface area (TPSA) is 206 Å². The number of nitrogens with zero attached hydrogens (tertiary/aromatic N) is 3. The number of amides is 5. The zero-order chi connectivity index (χ0) is 39.5. The van der Waals surface area contributed by atoms with Crippen LogP contribution >= 0.6 is 0 Å². The van der Waals surface area contributed by atoms with Crippen LogP contribution in [0.25, 0.3) is 0 Å². The van der Waals surface area contributed by atoms with E-state index in [4.69, 9.17) is 4.74 Å². The number of Topliss-reactive ketones (excluding diaryl/α,β-unsaturated/α-hetero) is 1. The lowest BCUT2D eigenvalue weighted by molar-refractivity contribution is -0.161. The molecule has 1 aliphatic rings. The minimum atomic E-state index is -4.52. The number of benzene rings is 1. The zero-order valence-electron chi connectivity index (χ0n) is 30.5. The number of nitrogens with one attached hydrogen (secondary N) is 4. The van der Waals surface area contributed by atoms with E-state index in [-0.39, 0.29) is 38.0 Å². The molecule has 5 amide bonds. The van der Waals surface area contributed by atoms with Crippen LogP contribution in [0.1, 0.15) is 82.9 Å². The molecule has 0 saturated carbocycles. The van der Waals surface area contributed by atoms with E-state index in [2.05, 4.69) is 31.2 Å². The molecular formula is C36H47F2N7O8. The zero-order valence-corrected chi connectivity index (χ0v) is 30.5. The molecule has 15 nitrogen and oxygen atoms in total. The van der Waals surface area contributed by atoms with Crippen molar-refractivity contribution in [2.75, 3.05) is 6.54 Å². The van der Waals surface area contributed by atoms with Gasteiger partial charge in [0.1, 0.15) is 29.9 Å². The summed E-state index contributed by atoms with van der Waals surface area (Å²) in [6.07, 6.45) is 2.62. The molecule has 2 aromatic rings. The largest absolute Gasteiger partial charge is 0.463 e. The Balaban J connectivity index is 1.81. The number of hydrogen-bond donors (Lipinski definition) is 4. The number of ether oxygens (including phenoxy) is 1. The van der Waals surface area contributed by atoms with Gasteiger partial charge in [0, 0.05) is 18.8 Å². The molecule has 6 atom stereocenters. The standard InChI is InChI=1S/C36H47F2N7O8/c1-7-11-25(30(47)36(37,38)35(52)41-22(6)23-12-9-8-10-13-23)42-32(49)27-16-24(53-19-46)18-45(27)34(51)29(21(4)5)44-33(50)28(20(2)3)43-31(48)26-17-39-14-15-40-26/h8-10,12-15,17,19-22,24-25,27-29H,7,11,16,18H2,1-6H3,(H,41,52)(H,42,49)(H,43,48)(H,44,50)/t22-,24+,25-,27-,28-,29-/m0/s1. The molecular weight excluding hydrogens is 696 g/mol. The fraction of sp³-hybridized carbons (Fsp3) is 0.528. The summed E-state index contributed by atoms with van der Waals surface area (Å²) in [5, 5.41) is 9.70. The maximum atomic E-state index is 15.4. The van der Waals surface area contributed by atoms with Crippen LogP contribution in [-0.4, -0.2) is 99.4 Å². The molecule has 3 rings (SSSR count). The normalized spacial score (nSPS) is 18.0. The quantitative estimate of drug-likeness (QED) is 0.129. The second kappa shape index (κ2) is 18.9. The molecule has 1 aromatic carbocycles. The predicted molar refractivity (Wildman–Crippen MR) is 186 cm³/mol. The molecule has 1 aromatic heterocycles. The highest BCUT2D eigenvalue weighted by molar-refractivity contribution is 6.10. The van der Waals surface area contributed by atoms with Crippen LogP contribution in [0.4, 0.5) is 8.78 Å². The predicted octanol–water partition coefficient (Wildman–Crippen LogP) is 1.88. The number of ketones is 1. The van der Waals surface area contributed by atoms with E-state index < -0.39 is 89.4 Å². The van der Waals surface area contributed by atoms with Crippen LogP contribution in [0.5, 0.6) is 0 Å². The van der Waals surface area contributed by atoms with Crippen LogP contribution in [0.15, 0.2) is 48.9 Å². The van der Waals surface area contributed by atoms with Crippen molar-refractivity contribution >= 4 is 41.8 Å². The molecule has 1 fully saturated rings. The Morgan fingerprint density at radius 1 is 0.943 bits per heavy atom. The number of rotatable bonds is 18. The number of aromatic nitrogens is 2. The Morgan fingerprint density at radius 2 is 1.60 bits per heavy atom. The van der Waals surface area contributed by atoms with Gasteiger partial charge >= 0.3 is 5.92 Å². The Hall–Kier alpha value is -5.35. The van der Waals surface area contributed by atoms with Gasteiger partial charge < -0.3 is 30.9 Å². The Bertz CT molecular complexity index is 1610. The summed E-state index contributed by atoms with van der Waals surface area (Å²) in [5.74, 6) is -12.3. The van der Waals surface area contributed by atoms with Gasteiger partial charge in [0.25, 0.3) is 18.3 Å². The first-order chi connectivity index (χ1) is 25.0. The van der Waals surface area contributed by atoms with Gasteiger partial charge in [-0.1, -0.05) is 71.4 Å². The Labute approximate surface area is 306 Å². The van der Waals surface area contributed by atoms with E-state index in [9.17, 15) is 33.6 Å². The van der Waals surface area contributed by atoms with Crippen molar-refractivity contribution in [3.63, 3.8) is 0 Å². The summed E-state index contributed by atoms with van der Waals surface area (Å²) in [5.41, 5.74) is 0.498. The third kappa shape index (κ3) is 10.8. The van der Waals surface area contributed by atoms with Crippen molar-refractivity contribution in [1.29, 1.82) is 0 Å². The summed E-state index contributed by atoms with van der Waals surface area (Å²) in [4.78, 5) is 100. The number of carbonyl (C=O) groups is 7. The third-order valence-corrected chi connectivity index (χ3v) is 8.81. The fourth-order valence-corrected chi connectivity index (χ4v) is 5.84. The summed E-state index contributed by atoms with van der Waals surface area (Å²) >= 11 is 0. The molecule has 53 heavy (non-hydrogen) atoms. The van der Waals surface area contributed by atoms with Crippen LogP contribution in [0.2, 0.25) is 0 Å². The lowest BCUT2D eigenvalue weighted by Crippen LogP contribution is -2.60. The van der Waals surface area contributed by atoms with Crippen molar-refractivity contribution in [1.82, 2.24) is 36.1 Å². The van der Waals surface area contributed by atoms with Crippen molar-refractivity contribution in [2.24, 2.45) is 11.8 Å². The van der Waals surface area contributed by atoms with E-state index in [0.717, 1.165) is 4.90 Å². The molecule has 4 N–H and O–H groups in total. The highest BCUT2D eigenvalue weighted by Crippen LogP contribution is 2.26. The van der Waals surface area contributed by atoms with Crippen LogP contribution in [0.3, 0.4) is 0 Å². The number of carbonyl (C=O) groups excluding carboxylic acids is 7. The average molecular weight is 744 g/mol. The summed E-state index contributed by atoms with van der Waals surface area (Å²) in [7, 11) is 0. The molecule has 1 saturated heterocycles. The van der Waals surface area contributed by atoms with Gasteiger partial charge in [-0.3, -0.25) is 38.5 Å². The molecule has 0 radical (unpaired) electrons. The maximum Gasteiger partial charge on any atom is 0.383 e. The molecule has 0 bridgehead atoms.